The summed E-state index contributed by atoms with van der Waals surface area (Å²) >= 11 is 1.39. The number of amides is 1. The van der Waals surface area contributed by atoms with Crippen molar-refractivity contribution in [2.45, 2.75) is 33.9 Å². The molecule has 0 saturated carbocycles. The van der Waals surface area contributed by atoms with Gasteiger partial charge in [0, 0.05) is 29.4 Å². The number of nitrogens with zero attached hydrogens (tertiary/aromatic N) is 1. The van der Waals surface area contributed by atoms with Gasteiger partial charge in [-0.25, -0.2) is 16.8 Å². The number of carbonyl (C=O) groups excluding carboxylic acids is 1. The Bertz CT molecular complexity index is 1500. The molecule has 1 aliphatic heterocycles. The summed E-state index contributed by atoms with van der Waals surface area (Å²) in [5.74, 6) is 0.417. The lowest BCUT2D eigenvalue weighted by Gasteiger charge is -2.27. The normalized spacial score (nSPS) is 14.1. The van der Waals surface area contributed by atoms with Crippen molar-refractivity contribution >= 4 is 49.1 Å². The van der Waals surface area contributed by atoms with Crippen LogP contribution >= 0.6 is 11.8 Å². The molecule has 0 radical (unpaired) electrons. The number of methoxy groups -OCH3 is 1. The highest BCUT2D eigenvalue weighted by molar-refractivity contribution is 7.98. The van der Waals surface area contributed by atoms with E-state index in [1.165, 1.54) is 55.3 Å². The second-order valence-electron chi connectivity index (χ2n) is 8.68. The zero-order valence-corrected chi connectivity index (χ0v) is 23.5. The Hall–Kier alpha value is -3.22. The van der Waals surface area contributed by atoms with E-state index >= 15 is 0 Å². The second-order valence-corrected chi connectivity index (χ2v) is 12.9. The second kappa shape index (κ2) is 11.7. The van der Waals surface area contributed by atoms with Crippen molar-refractivity contribution in [2.75, 3.05) is 35.9 Å². The van der Waals surface area contributed by atoms with Gasteiger partial charge in [0.15, 0.2) is 0 Å². The molecule has 1 saturated heterocycles. The number of piperidine rings is 1. The molecular weight excluding hydrogens is 547 g/mol. The van der Waals surface area contributed by atoms with Gasteiger partial charge in [-0.1, -0.05) is 0 Å². The van der Waals surface area contributed by atoms with E-state index in [0.717, 1.165) is 19.3 Å². The van der Waals surface area contributed by atoms with E-state index < -0.39 is 20.0 Å². The van der Waals surface area contributed by atoms with E-state index in [4.69, 9.17) is 4.74 Å². The fourth-order valence-corrected chi connectivity index (χ4v) is 6.79. The van der Waals surface area contributed by atoms with Crippen LogP contribution in [0.1, 0.15) is 29.6 Å². The van der Waals surface area contributed by atoms with Crippen molar-refractivity contribution in [1.29, 1.82) is 0 Å². The Morgan fingerprint density at radius 1 is 0.789 bits per heavy atom. The van der Waals surface area contributed by atoms with Crippen LogP contribution in [-0.4, -0.2) is 54.1 Å². The number of rotatable bonds is 9. The topological polar surface area (TPSA) is 122 Å². The van der Waals surface area contributed by atoms with Crippen molar-refractivity contribution in [2.24, 2.45) is 0 Å². The van der Waals surface area contributed by atoms with E-state index in [0.29, 0.717) is 35.0 Å². The van der Waals surface area contributed by atoms with Gasteiger partial charge in [0.2, 0.25) is 0 Å². The van der Waals surface area contributed by atoms with Crippen LogP contribution in [0.3, 0.4) is 0 Å². The standard InChI is InChI=1S/C26H29N3O6S3/c1-35-21-10-6-19(7-11-21)27-37(31,32)22-12-8-20(9-13-22)28-38(33,34)23-14-15-25(36-2)24(18-23)26(30)29-16-4-3-5-17-29/h6-15,18,27-28H,3-5,16-17H2,1-2H3. The Morgan fingerprint density at radius 3 is 1.87 bits per heavy atom. The predicted molar refractivity (Wildman–Crippen MR) is 149 cm³/mol. The first-order valence-corrected chi connectivity index (χ1v) is 16.1. The fraction of sp³-hybridized carbons (Fsp3) is 0.269. The molecule has 0 atom stereocenters. The zero-order valence-electron chi connectivity index (χ0n) is 21.0. The van der Waals surface area contributed by atoms with Gasteiger partial charge >= 0.3 is 0 Å². The fourth-order valence-electron chi connectivity index (χ4n) is 4.08. The summed E-state index contributed by atoms with van der Waals surface area (Å²) in [5.41, 5.74) is 0.902. The molecule has 3 aromatic rings. The van der Waals surface area contributed by atoms with Gasteiger partial charge in [-0.2, -0.15) is 0 Å². The number of anilines is 2. The average molecular weight is 576 g/mol. The molecule has 12 heteroatoms. The minimum absolute atomic E-state index is 0.0324. The maximum atomic E-state index is 13.1. The number of nitrogens with one attached hydrogen (secondary N) is 2. The van der Waals surface area contributed by atoms with E-state index in [2.05, 4.69) is 9.44 Å². The molecule has 0 aliphatic carbocycles. The number of likely N-dealkylation sites (tertiary alicyclic amines) is 1. The molecule has 1 heterocycles. The molecule has 3 aromatic carbocycles. The lowest BCUT2D eigenvalue weighted by Crippen LogP contribution is -2.36. The minimum atomic E-state index is -4.04. The van der Waals surface area contributed by atoms with Crippen LogP contribution in [-0.2, 0) is 20.0 Å². The first-order chi connectivity index (χ1) is 18.1. The zero-order chi connectivity index (χ0) is 27.3. The van der Waals surface area contributed by atoms with Crippen molar-refractivity contribution in [3.05, 3.63) is 72.3 Å². The van der Waals surface area contributed by atoms with Gasteiger partial charge in [0.1, 0.15) is 5.75 Å². The van der Waals surface area contributed by atoms with Crippen LogP contribution in [0.15, 0.2) is 81.4 Å². The third kappa shape index (κ3) is 6.43. The number of hydrogen-bond donors (Lipinski definition) is 2. The molecule has 1 aliphatic rings. The molecule has 38 heavy (non-hydrogen) atoms. The minimum Gasteiger partial charge on any atom is -0.497 e. The van der Waals surface area contributed by atoms with E-state index in [-0.39, 0.29) is 21.4 Å². The molecule has 1 fully saturated rings. The number of ether oxygens (including phenoxy) is 1. The van der Waals surface area contributed by atoms with Gasteiger partial charge in [0.05, 0.1) is 22.5 Å². The monoisotopic (exact) mass is 575 g/mol. The summed E-state index contributed by atoms with van der Waals surface area (Å²) < 4.78 is 61.8. The summed E-state index contributed by atoms with van der Waals surface area (Å²) in [6.45, 7) is 1.31. The van der Waals surface area contributed by atoms with Crippen LogP contribution in [0, 0.1) is 0 Å². The summed E-state index contributed by atoms with van der Waals surface area (Å²) in [4.78, 5) is 15.5. The quantitative estimate of drug-likeness (QED) is 0.356. The Kier molecular flexibility index (Phi) is 8.54. The summed E-state index contributed by atoms with van der Waals surface area (Å²) in [5, 5.41) is 0. The van der Waals surface area contributed by atoms with Gasteiger partial charge < -0.3 is 9.64 Å². The van der Waals surface area contributed by atoms with Gasteiger partial charge in [-0.15, -0.1) is 11.8 Å². The van der Waals surface area contributed by atoms with Crippen LogP contribution in [0.25, 0.3) is 0 Å². The number of carbonyl (C=O) groups is 1. The van der Waals surface area contributed by atoms with Gasteiger partial charge in [-0.3, -0.25) is 14.2 Å². The van der Waals surface area contributed by atoms with E-state index in [1.54, 1.807) is 35.2 Å². The lowest BCUT2D eigenvalue weighted by molar-refractivity contribution is 0.0720. The third-order valence-corrected chi connectivity index (χ3v) is 9.69. The summed E-state index contributed by atoms with van der Waals surface area (Å²) in [7, 11) is -6.41. The molecule has 0 spiro atoms. The molecule has 4 rings (SSSR count). The van der Waals surface area contributed by atoms with Crippen molar-refractivity contribution in [3.63, 3.8) is 0 Å². The number of sulfonamides is 2. The van der Waals surface area contributed by atoms with E-state index in [9.17, 15) is 21.6 Å². The largest absolute Gasteiger partial charge is 0.497 e. The lowest BCUT2D eigenvalue weighted by atomic mass is 10.1. The highest BCUT2D eigenvalue weighted by atomic mass is 32.2. The summed E-state index contributed by atoms with van der Waals surface area (Å²) in [6, 6.07) is 16.3. The highest BCUT2D eigenvalue weighted by Crippen LogP contribution is 2.28. The molecule has 2 N–H and O–H groups in total. The van der Waals surface area contributed by atoms with Crippen LogP contribution < -0.4 is 14.2 Å². The van der Waals surface area contributed by atoms with Gasteiger partial charge in [-0.05, 0) is 92.2 Å². The van der Waals surface area contributed by atoms with Gasteiger partial charge in [0.25, 0.3) is 26.0 Å². The van der Waals surface area contributed by atoms with Crippen molar-refractivity contribution < 1.29 is 26.4 Å². The molecule has 202 valence electrons. The van der Waals surface area contributed by atoms with Crippen LogP contribution in [0.5, 0.6) is 5.75 Å². The smallest absolute Gasteiger partial charge is 0.261 e. The molecule has 0 aromatic heterocycles. The molecule has 9 nitrogen and oxygen atoms in total. The molecular formula is C26H29N3O6S3. The first-order valence-electron chi connectivity index (χ1n) is 11.9. The molecule has 0 bridgehead atoms. The number of benzene rings is 3. The van der Waals surface area contributed by atoms with Crippen molar-refractivity contribution in [3.8, 4) is 5.75 Å². The SMILES string of the molecule is COc1ccc(NS(=O)(=O)c2ccc(NS(=O)(=O)c3ccc(SC)c(C(=O)N4CCCCC4)c3)cc2)cc1. The van der Waals surface area contributed by atoms with Crippen LogP contribution in [0.4, 0.5) is 11.4 Å². The first kappa shape index (κ1) is 27.8. The Balaban J connectivity index is 1.51. The van der Waals surface area contributed by atoms with Crippen molar-refractivity contribution in [1.82, 2.24) is 4.90 Å². The summed E-state index contributed by atoms with van der Waals surface area (Å²) in [6.07, 6.45) is 4.78. The van der Waals surface area contributed by atoms with Crippen LogP contribution in [0.2, 0.25) is 0 Å². The maximum Gasteiger partial charge on any atom is 0.261 e. The number of hydrogen-bond acceptors (Lipinski definition) is 7. The molecule has 1 amide bonds. The Labute approximate surface area is 227 Å². The number of thioether (sulfide) groups is 1. The molecule has 0 unspecified atom stereocenters. The van der Waals surface area contributed by atoms with E-state index in [1.807, 2.05) is 6.26 Å². The highest BCUT2D eigenvalue weighted by Gasteiger charge is 2.24. The maximum absolute atomic E-state index is 13.1. The average Bonchev–Trinajstić information content (AvgIpc) is 2.93. The third-order valence-electron chi connectivity index (χ3n) is 6.11. The predicted octanol–water partition coefficient (Wildman–Crippen LogP) is 4.64. The Morgan fingerprint density at radius 2 is 1.32 bits per heavy atom.